The van der Waals surface area contributed by atoms with Gasteiger partial charge in [0.25, 0.3) is 0 Å². The van der Waals surface area contributed by atoms with Gasteiger partial charge in [0.1, 0.15) is 0 Å². The SMILES string of the molecule is CCCCS(=O)(=O)N1CCCC(=O)c2ccccc21. The highest BCUT2D eigenvalue weighted by atomic mass is 32.2. The molecule has 1 aliphatic heterocycles. The number of hydrogen-bond donors (Lipinski definition) is 0. The number of rotatable bonds is 4. The topological polar surface area (TPSA) is 54.5 Å². The van der Waals surface area contributed by atoms with Gasteiger partial charge in [0.2, 0.25) is 10.0 Å². The van der Waals surface area contributed by atoms with E-state index in [-0.39, 0.29) is 11.5 Å². The second-order valence-electron chi connectivity index (χ2n) is 4.79. The number of carbonyl (C=O) groups is 1. The summed E-state index contributed by atoms with van der Waals surface area (Å²) in [6, 6.07) is 6.99. The van der Waals surface area contributed by atoms with E-state index in [1.165, 1.54) is 4.31 Å². The van der Waals surface area contributed by atoms with Crippen molar-refractivity contribution in [2.45, 2.75) is 32.6 Å². The van der Waals surface area contributed by atoms with Crippen molar-refractivity contribution < 1.29 is 13.2 Å². The molecule has 1 heterocycles. The van der Waals surface area contributed by atoms with E-state index >= 15 is 0 Å². The van der Waals surface area contributed by atoms with Gasteiger partial charge in [-0.05, 0) is 25.0 Å². The molecule has 2 rings (SSSR count). The van der Waals surface area contributed by atoms with Crippen LogP contribution in [0.3, 0.4) is 0 Å². The Labute approximate surface area is 114 Å². The van der Waals surface area contributed by atoms with Gasteiger partial charge in [-0.2, -0.15) is 0 Å². The van der Waals surface area contributed by atoms with Crippen LogP contribution in [0.4, 0.5) is 5.69 Å². The summed E-state index contributed by atoms with van der Waals surface area (Å²) in [5.41, 5.74) is 1.07. The standard InChI is InChI=1S/C14H19NO3S/c1-2-3-11-19(17,18)15-10-6-9-14(16)12-7-4-5-8-13(12)15/h4-5,7-8H,2-3,6,9-11H2,1H3. The van der Waals surface area contributed by atoms with Crippen LogP contribution in [0.1, 0.15) is 43.0 Å². The molecule has 1 aromatic rings. The van der Waals surface area contributed by atoms with Crippen LogP contribution in [0, 0.1) is 0 Å². The molecule has 1 aliphatic rings. The van der Waals surface area contributed by atoms with Gasteiger partial charge in [-0.25, -0.2) is 8.42 Å². The van der Waals surface area contributed by atoms with Crippen LogP contribution < -0.4 is 4.31 Å². The molecule has 4 nitrogen and oxygen atoms in total. The third-order valence-electron chi connectivity index (χ3n) is 3.33. The van der Waals surface area contributed by atoms with Crippen molar-refractivity contribution >= 4 is 21.5 Å². The third kappa shape index (κ3) is 2.97. The average molecular weight is 281 g/mol. The number of para-hydroxylation sites is 1. The molecule has 0 N–H and O–H groups in total. The molecule has 0 spiro atoms. The zero-order valence-corrected chi connectivity index (χ0v) is 11.9. The van der Waals surface area contributed by atoms with Crippen molar-refractivity contribution in [1.82, 2.24) is 0 Å². The van der Waals surface area contributed by atoms with Crippen molar-refractivity contribution in [3.63, 3.8) is 0 Å². The van der Waals surface area contributed by atoms with Gasteiger partial charge in [-0.15, -0.1) is 0 Å². The maximum atomic E-state index is 12.4. The Hall–Kier alpha value is -1.36. The summed E-state index contributed by atoms with van der Waals surface area (Å²) in [5.74, 6) is 0.176. The summed E-state index contributed by atoms with van der Waals surface area (Å²) < 4.78 is 26.2. The molecule has 0 fully saturated rings. The van der Waals surface area contributed by atoms with Crippen LogP contribution >= 0.6 is 0 Å². The first-order valence-corrected chi connectivity index (χ1v) is 8.30. The van der Waals surface area contributed by atoms with E-state index in [0.29, 0.717) is 37.1 Å². The number of fused-ring (bicyclic) bond motifs is 1. The summed E-state index contributed by atoms with van der Waals surface area (Å²) in [5, 5.41) is 0. The summed E-state index contributed by atoms with van der Waals surface area (Å²) in [6.45, 7) is 2.37. The van der Waals surface area contributed by atoms with Crippen LogP contribution in [-0.4, -0.2) is 26.5 Å². The van der Waals surface area contributed by atoms with Crippen LogP contribution in [0.25, 0.3) is 0 Å². The lowest BCUT2D eigenvalue weighted by molar-refractivity contribution is 0.0984. The van der Waals surface area contributed by atoms with E-state index in [1.807, 2.05) is 6.92 Å². The zero-order valence-electron chi connectivity index (χ0n) is 11.1. The number of carbonyl (C=O) groups excluding carboxylic acids is 1. The minimum atomic E-state index is -3.32. The first-order chi connectivity index (χ1) is 9.06. The minimum absolute atomic E-state index is 0.0313. The highest BCUT2D eigenvalue weighted by molar-refractivity contribution is 7.92. The Morgan fingerprint density at radius 3 is 2.74 bits per heavy atom. The van der Waals surface area contributed by atoms with Gasteiger partial charge in [-0.1, -0.05) is 25.5 Å². The number of anilines is 1. The molecule has 104 valence electrons. The predicted molar refractivity (Wildman–Crippen MR) is 76.0 cm³/mol. The predicted octanol–water partition coefficient (Wildman–Crippen LogP) is 2.60. The summed E-state index contributed by atoms with van der Waals surface area (Å²) >= 11 is 0. The third-order valence-corrected chi connectivity index (χ3v) is 5.19. The van der Waals surface area contributed by atoms with E-state index in [9.17, 15) is 13.2 Å². The van der Waals surface area contributed by atoms with Gasteiger partial charge >= 0.3 is 0 Å². The zero-order chi connectivity index (χ0) is 13.9. The number of hydrogen-bond acceptors (Lipinski definition) is 3. The molecule has 0 amide bonds. The van der Waals surface area contributed by atoms with Crippen molar-refractivity contribution in [3.8, 4) is 0 Å². The van der Waals surface area contributed by atoms with E-state index in [4.69, 9.17) is 0 Å². The van der Waals surface area contributed by atoms with E-state index in [1.54, 1.807) is 24.3 Å². The molecular formula is C14H19NO3S. The smallest absolute Gasteiger partial charge is 0.235 e. The van der Waals surface area contributed by atoms with Crippen molar-refractivity contribution in [1.29, 1.82) is 0 Å². The number of sulfonamides is 1. The number of nitrogens with zero attached hydrogens (tertiary/aromatic N) is 1. The lowest BCUT2D eigenvalue weighted by atomic mass is 10.1. The second-order valence-corrected chi connectivity index (χ2v) is 6.80. The number of benzene rings is 1. The van der Waals surface area contributed by atoms with Crippen molar-refractivity contribution in [3.05, 3.63) is 29.8 Å². The Kier molecular flexibility index (Phi) is 4.24. The summed E-state index contributed by atoms with van der Waals surface area (Å²) in [6.07, 6.45) is 2.48. The maximum Gasteiger partial charge on any atom is 0.235 e. The monoisotopic (exact) mass is 281 g/mol. The first kappa shape index (κ1) is 14.1. The molecule has 0 radical (unpaired) electrons. The lowest BCUT2D eigenvalue weighted by Gasteiger charge is -2.24. The number of unbranched alkanes of at least 4 members (excludes halogenated alkanes) is 1. The van der Waals surface area contributed by atoms with E-state index < -0.39 is 10.0 Å². The minimum Gasteiger partial charge on any atom is -0.294 e. The van der Waals surface area contributed by atoms with Crippen molar-refractivity contribution in [2.75, 3.05) is 16.6 Å². The van der Waals surface area contributed by atoms with Crippen LogP contribution in [0.2, 0.25) is 0 Å². The molecule has 0 aliphatic carbocycles. The van der Waals surface area contributed by atoms with Crippen molar-refractivity contribution in [2.24, 2.45) is 0 Å². The highest BCUT2D eigenvalue weighted by Crippen LogP contribution is 2.28. The molecule has 0 saturated carbocycles. The second kappa shape index (κ2) is 5.74. The average Bonchev–Trinajstić information content (AvgIpc) is 2.57. The fourth-order valence-electron chi connectivity index (χ4n) is 2.29. The van der Waals surface area contributed by atoms with E-state index in [2.05, 4.69) is 0 Å². The maximum absolute atomic E-state index is 12.4. The molecule has 0 unspecified atom stereocenters. The Balaban J connectivity index is 2.41. The van der Waals surface area contributed by atoms with Crippen LogP contribution in [-0.2, 0) is 10.0 Å². The van der Waals surface area contributed by atoms with Crippen LogP contribution in [0.15, 0.2) is 24.3 Å². The molecule has 0 saturated heterocycles. The molecule has 0 aromatic heterocycles. The number of ketones is 1. The molecule has 0 atom stereocenters. The summed E-state index contributed by atoms with van der Waals surface area (Å²) in [4.78, 5) is 12.0. The quantitative estimate of drug-likeness (QED) is 0.852. The number of Topliss-reactive ketones (excluding diaryl/α,β-unsaturated/α-hetero) is 1. The Morgan fingerprint density at radius 1 is 1.26 bits per heavy atom. The molecule has 0 bridgehead atoms. The molecule has 1 aromatic carbocycles. The van der Waals surface area contributed by atoms with E-state index in [0.717, 1.165) is 6.42 Å². The first-order valence-electron chi connectivity index (χ1n) is 6.69. The van der Waals surface area contributed by atoms with Gasteiger partial charge in [0.05, 0.1) is 11.4 Å². The summed E-state index contributed by atoms with van der Waals surface area (Å²) in [7, 11) is -3.32. The lowest BCUT2D eigenvalue weighted by Crippen LogP contribution is -2.33. The van der Waals surface area contributed by atoms with Gasteiger partial charge in [0, 0.05) is 18.5 Å². The largest absolute Gasteiger partial charge is 0.294 e. The Morgan fingerprint density at radius 2 is 2.00 bits per heavy atom. The normalized spacial score (nSPS) is 16.1. The van der Waals surface area contributed by atoms with Gasteiger partial charge < -0.3 is 0 Å². The molecule has 19 heavy (non-hydrogen) atoms. The Bertz CT molecular complexity index is 566. The van der Waals surface area contributed by atoms with Crippen LogP contribution in [0.5, 0.6) is 0 Å². The molecular weight excluding hydrogens is 262 g/mol. The fourth-order valence-corrected chi connectivity index (χ4v) is 4.03. The van der Waals surface area contributed by atoms with Gasteiger partial charge in [0.15, 0.2) is 5.78 Å². The van der Waals surface area contributed by atoms with Gasteiger partial charge in [-0.3, -0.25) is 9.10 Å². The fraction of sp³-hybridized carbons (Fsp3) is 0.500. The molecule has 5 heteroatoms. The highest BCUT2D eigenvalue weighted by Gasteiger charge is 2.28.